The summed E-state index contributed by atoms with van der Waals surface area (Å²) in [6.45, 7) is 2.18. The number of aromatic hydroxyl groups is 1. The quantitative estimate of drug-likeness (QED) is 0.419. The molecular formula is C14H23NO3. The Morgan fingerprint density at radius 3 is 2.72 bits per heavy atom. The molecule has 0 radical (unpaired) electrons. The fourth-order valence-corrected chi connectivity index (χ4v) is 1.81. The summed E-state index contributed by atoms with van der Waals surface area (Å²) in [4.78, 5) is 0. The molecule has 0 aromatic heterocycles. The standard InChI is InChI=1S/C14H23NO3/c1-2-3-4-5-11-6-7-13(17)12(8-11)9-15-14(18)10-16/h6-8,14-18H,2-5,9-10H2,1H3. The zero-order chi connectivity index (χ0) is 13.4. The first-order valence-electron chi connectivity index (χ1n) is 6.50. The first kappa shape index (κ1) is 15.0. The summed E-state index contributed by atoms with van der Waals surface area (Å²) < 4.78 is 0. The molecule has 0 bridgehead atoms. The monoisotopic (exact) mass is 253 g/mol. The van der Waals surface area contributed by atoms with Crippen molar-refractivity contribution >= 4 is 0 Å². The zero-order valence-corrected chi connectivity index (χ0v) is 10.9. The van der Waals surface area contributed by atoms with Gasteiger partial charge in [-0.2, -0.15) is 0 Å². The highest BCUT2D eigenvalue weighted by Crippen LogP contribution is 2.19. The summed E-state index contributed by atoms with van der Waals surface area (Å²) in [5, 5.41) is 30.4. The largest absolute Gasteiger partial charge is 0.508 e. The molecule has 0 aliphatic heterocycles. The van der Waals surface area contributed by atoms with Gasteiger partial charge in [0.25, 0.3) is 0 Å². The molecule has 102 valence electrons. The molecule has 0 aliphatic rings. The van der Waals surface area contributed by atoms with Crippen molar-refractivity contribution in [2.24, 2.45) is 0 Å². The Morgan fingerprint density at radius 1 is 1.28 bits per heavy atom. The second-order valence-electron chi connectivity index (χ2n) is 4.50. The van der Waals surface area contributed by atoms with Gasteiger partial charge in [0.05, 0.1) is 6.61 Å². The fraction of sp³-hybridized carbons (Fsp3) is 0.571. The molecule has 1 rings (SSSR count). The van der Waals surface area contributed by atoms with Crippen molar-refractivity contribution in [3.8, 4) is 5.75 Å². The molecular weight excluding hydrogens is 230 g/mol. The van der Waals surface area contributed by atoms with E-state index in [-0.39, 0.29) is 12.4 Å². The Labute approximate surface area is 108 Å². The number of rotatable bonds is 8. The predicted octanol–water partition coefficient (Wildman–Crippen LogP) is 1.53. The van der Waals surface area contributed by atoms with Gasteiger partial charge in [0.1, 0.15) is 12.0 Å². The predicted molar refractivity (Wildman–Crippen MR) is 71.3 cm³/mol. The van der Waals surface area contributed by atoms with E-state index in [9.17, 15) is 10.2 Å². The number of unbranched alkanes of at least 4 members (excludes halogenated alkanes) is 2. The minimum atomic E-state index is -0.951. The number of nitrogens with one attached hydrogen (secondary N) is 1. The lowest BCUT2D eigenvalue weighted by molar-refractivity contribution is 0.0664. The lowest BCUT2D eigenvalue weighted by Gasteiger charge is -2.12. The van der Waals surface area contributed by atoms with Gasteiger partial charge in [-0.25, -0.2) is 0 Å². The van der Waals surface area contributed by atoms with Crippen LogP contribution in [-0.4, -0.2) is 28.2 Å². The highest BCUT2D eigenvalue weighted by atomic mass is 16.3. The number of phenolic OH excluding ortho intramolecular Hbond substituents is 1. The second kappa shape index (κ2) is 8.08. The summed E-state index contributed by atoms with van der Waals surface area (Å²) >= 11 is 0. The van der Waals surface area contributed by atoms with Crippen molar-refractivity contribution in [2.45, 2.75) is 45.4 Å². The maximum Gasteiger partial charge on any atom is 0.128 e. The topological polar surface area (TPSA) is 72.7 Å². The Hall–Kier alpha value is -1.10. The molecule has 0 heterocycles. The molecule has 4 nitrogen and oxygen atoms in total. The summed E-state index contributed by atoms with van der Waals surface area (Å²) in [6.07, 6.45) is 3.59. The van der Waals surface area contributed by atoms with E-state index in [4.69, 9.17) is 5.11 Å². The number of benzene rings is 1. The molecule has 1 aromatic carbocycles. The third kappa shape index (κ3) is 5.04. The van der Waals surface area contributed by atoms with Gasteiger partial charge in [-0.15, -0.1) is 0 Å². The van der Waals surface area contributed by atoms with E-state index in [0.29, 0.717) is 6.54 Å². The van der Waals surface area contributed by atoms with E-state index in [1.165, 1.54) is 18.4 Å². The molecule has 0 amide bonds. The molecule has 1 atom stereocenters. The first-order chi connectivity index (χ1) is 8.67. The molecule has 0 aliphatic carbocycles. The number of phenols is 1. The van der Waals surface area contributed by atoms with Crippen LogP contribution in [0.4, 0.5) is 0 Å². The average Bonchev–Trinajstić information content (AvgIpc) is 2.39. The van der Waals surface area contributed by atoms with E-state index >= 15 is 0 Å². The molecule has 1 aromatic rings. The van der Waals surface area contributed by atoms with Gasteiger partial charge < -0.3 is 15.3 Å². The van der Waals surface area contributed by atoms with Gasteiger partial charge in [-0.05, 0) is 24.5 Å². The highest BCUT2D eigenvalue weighted by molar-refractivity contribution is 5.36. The normalized spacial score (nSPS) is 12.6. The molecule has 0 fully saturated rings. The highest BCUT2D eigenvalue weighted by Gasteiger charge is 2.06. The van der Waals surface area contributed by atoms with Crippen molar-refractivity contribution in [2.75, 3.05) is 6.61 Å². The Kier molecular flexibility index (Phi) is 6.72. The van der Waals surface area contributed by atoms with E-state index in [1.807, 2.05) is 12.1 Å². The van der Waals surface area contributed by atoms with E-state index in [2.05, 4.69) is 12.2 Å². The van der Waals surface area contributed by atoms with Crippen molar-refractivity contribution in [1.29, 1.82) is 0 Å². The smallest absolute Gasteiger partial charge is 0.128 e. The number of hydrogen-bond donors (Lipinski definition) is 4. The van der Waals surface area contributed by atoms with Crippen LogP contribution in [0.15, 0.2) is 18.2 Å². The van der Waals surface area contributed by atoms with E-state index < -0.39 is 6.23 Å². The van der Waals surface area contributed by atoms with E-state index in [1.54, 1.807) is 6.07 Å². The number of hydrogen-bond acceptors (Lipinski definition) is 4. The third-order valence-electron chi connectivity index (χ3n) is 2.91. The second-order valence-corrected chi connectivity index (χ2v) is 4.50. The maximum absolute atomic E-state index is 9.71. The average molecular weight is 253 g/mol. The summed E-state index contributed by atoms with van der Waals surface area (Å²) in [5.74, 6) is 0.215. The maximum atomic E-state index is 9.71. The molecule has 0 spiro atoms. The van der Waals surface area contributed by atoms with Gasteiger partial charge in [0, 0.05) is 12.1 Å². The lowest BCUT2D eigenvalue weighted by Crippen LogP contribution is -2.31. The minimum absolute atomic E-state index is 0.215. The van der Waals surface area contributed by atoms with Crippen LogP contribution in [0.25, 0.3) is 0 Å². The van der Waals surface area contributed by atoms with Crippen LogP contribution in [-0.2, 0) is 13.0 Å². The van der Waals surface area contributed by atoms with Crippen LogP contribution in [0.5, 0.6) is 5.75 Å². The third-order valence-corrected chi connectivity index (χ3v) is 2.91. The van der Waals surface area contributed by atoms with Crippen molar-refractivity contribution in [3.05, 3.63) is 29.3 Å². The van der Waals surface area contributed by atoms with Gasteiger partial charge in [0.15, 0.2) is 0 Å². The molecule has 4 N–H and O–H groups in total. The molecule has 0 saturated heterocycles. The SMILES string of the molecule is CCCCCc1ccc(O)c(CNC(O)CO)c1. The Bertz CT molecular complexity index is 355. The van der Waals surface area contributed by atoms with Crippen LogP contribution in [0, 0.1) is 0 Å². The van der Waals surface area contributed by atoms with Crippen LogP contribution < -0.4 is 5.32 Å². The zero-order valence-electron chi connectivity index (χ0n) is 10.9. The fourth-order valence-electron chi connectivity index (χ4n) is 1.81. The summed E-state index contributed by atoms with van der Waals surface area (Å²) in [5.41, 5.74) is 1.94. The Balaban J connectivity index is 2.57. The van der Waals surface area contributed by atoms with Crippen molar-refractivity contribution < 1.29 is 15.3 Å². The molecule has 18 heavy (non-hydrogen) atoms. The number of aliphatic hydroxyl groups is 2. The molecule has 0 saturated carbocycles. The number of aliphatic hydroxyl groups excluding tert-OH is 2. The van der Waals surface area contributed by atoms with Crippen LogP contribution in [0.2, 0.25) is 0 Å². The van der Waals surface area contributed by atoms with Crippen LogP contribution in [0.1, 0.15) is 37.3 Å². The van der Waals surface area contributed by atoms with Gasteiger partial charge >= 0.3 is 0 Å². The minimum Gasteiger partial charge on any atom is -0.508 e. The Morgan fingerprint density at radius 2 is 2.06 bits per heavy atom. The lowest BCUT2D eigenvalue weighted by atomic mass is 10.0. The molecule has 1 unspecified atom stereocenters. The summed E-state index contributed by atoms with van der Waals surface area (Å²) in [6, 6.07) is 5.56. The summed E-state index contributed by atoms with van der Waals surface area (Å²) in [7, 11) is 0. The molecule has 4 heteroatoms. The first-order valence-corrected chi connectivity index (χ1v) is 6.50. The van der Waals surface area contributed by atoms with Crippen LogP contribution >= 0.6 is 0 Å². The van der Waals surface area contributed by atoms with Gasteiger partial charge in [-0.3, -0.25) is 5.32 Å². The number of aryl methyl sites for hydroxylation is 1. The van der Waals surface area contributed by atoms with Crippen molar-refractivity contribution in [3.63, 3.8) is 0 Å². The van der Waals surface area contributed by atoms with Gasteiger partial charge in [0.2, 0.25) is 0 Å². The van der Waals surface area contributed by atoms with Gasteiger partial charge in [-0.1, -0.05) is 31.9 Å². The van der Waals surface area contributed by atoms with Crippen molar-refractivity contribution in [1.82, 2.24) is 5.32 Å². The van der Waals surface area contributed by atoms with E-state index in [0.717, 1.165) is 18.4 Å². The van der Waals surface area contributed by atoms with Crippen LogP contribution in [0.3, 0.4) is 0 Å².